The van der Waals surface area contributed by atoms with Crippen LogP contribution in [0.4, 0.5) is 0 Å². The summed E-state index contributed by atoms with van der Waals surface area (Å²) in [5.74, 6) is -2.09. The van der Waals surface area contributed by atoms with Crippen LogP contribution in [0.15, 0.2) is 12.2 Å². The Morgan fingerprint density at radius 1 is 1.47 bits per heavy atom. The van der Waals surface area contributed by atoms with Crippen molar-refractivity contribution in [3.8, 4) is 0 Å². The van der Waals surface area contributed by atoms with Crippen LogP contribution in [0.25, 0.3) is 0 Å². The number of carboxylic acid groups (broad SMARTS) is 1. The highest BCUT2D eigenvalue weighted by atomic mass is 16.6. The van der Waals surface area contributed by atoms with Crippen LogP contribution in [-0.2, 0) is 14.3 Å². The minimum atomic E-state index is -1.36. The fraction of sp³-hybridized carbons (Fsp3) is 0.667. The monoisotopic (exact) mass is 241 g/mol. The van der Waals surface area contributed by atoms with Gasteiger partial charge in [0, 0.05) is 0 Å². The van der Waals surface area contributed by atoms with Crippen LogP contribution in [0.1, 0.15) is 33.6 Å². The molecule has 17 heavy (non-hydrogen) atoms. The van der Waals surface area contributed by atoms with Gasteiger partial charge in [-0.2, -0.15) is 0 Å². The lowest BCUT2D eigenvalue weighted by atomic mass is 9.81. The lowest BCUT2D eigenvalue weighted by Gasteiger charge is -2.31. The zero-order valence-corrected chi connectivity index (χ0v) is 10.4. The molecule has 0 aromatic carbocycles. The molecular formula is C12H19NO4. The van der Waals surface area contributed by atoms with Crippen LogP contribution in [0.2, 0.25) is 0 Å². The minimum absolute atomic E-state index is 0.0771. The molecule has 0 aliphatic heterocycles. The number of esters is 1. The number of nitrogens with two attached hydrogens (primary N) is 1. The predicted octanol–water partition coefficient (Wildman–Crippen LogP) is 1.08. The Balaban J connectivity index is 2.75. The molecule has 5 heteroatoms. The Hall–Kier alpha value is -1.36. The minimum Gasteiger partial charge on any atom is -0.480 e. The van der Waals surface area contributed by atoms with Crippen LogP contribution < -0.4 is 5.73 Å². The number of carboxylic acids is 1. The summed E-state index contributed by atoms with van der Waals surface area (Å²) in [7, 11) is 0. The number of hydrogen-bond acceptors (Lipinski definition) is 4. The van der Waals surface area contributed by atoms with Gasteiger partial charge in [-0.3, -0.25) is 9.59 Å². The molecule has 0 bridgehead atoms. The van der Waals surface area contributed by atoms with Gasteiger partial charge in [0.2, 0.25) is 0 Å². The lowest BCUT2D eigenvalue weighted by Crippen LogP contribution is -2.51. The molecule has 5 nitrogen and oxygen atoms in total. The predicted molar refractivity (Wildman–Crippen MR) is 62.3 cm³/mol. The third-order valence-corrected chi connectivity index (χ3v) is 2.57. The van der Waals surface area contributed by atoms with Crippen LogP contribution in [0.3, 0.4) is 0 Å². The maximum atomic E-state index is 11.8. The van der Waals surface area contributed by atoms with Crippen molar-refractivity contribution in [2.45, 2.75) is 44.8 Å². The van der Waals surface area contributed by atoms with E-state index in [4.69, 9.17) is 15.6 Å². The molecule has 1 rings (SSSR count). The quantitative estimate of drug-likeness (QED) is 0.557. The molecule has 0 aromatic heterocycles. The first-order valence-electron chi connectivity index (χ1n) is 5.56. The van der Waals surface area contributed by atoms with Crippen molar-refractivity contribution in [3.63, 3.8) is 0 Å². The highest BCUT2D eigenvalue weighted by Crippen LogP contribution is 2.27. The first kappa shape index (κ1) is 13.7. The largest absolute Gasteiger partial charge is 0.480 e. The van der Waals surface area contributed by atoms with Crippen LogP contribution >= 0.6 is 0 Å². The van der Waals surface area contributed by atoms with Crippen molar-refractivity contribution in [2.24, 2.45) is 11.7 Å². The summed E-state index contributed by atoms with van der Waals surface area (Å²) in [5, 5.41) is 9.02. The van der Waals surface area contributed by atoms with Gasteiger partial charge >= 0.3 is 11.9 Å². The fourth-order valence-electron chi connectivity index (χ4n) is 1.70. The molecule has 0 saturated carbocycles. The van der Waals surface area contributed by atoms with Crippen molar-refractivity contribution in [1.82, 2.24) is 0 Å². The van der Waals surface area contributed by atoms with E-state index >= 15 is 0 Å². The van der Waals surface area contributed by atoms with Gasteiger partial charge in [0.15, 0.2) is 0 Å². The zero-order valence-electron chi connectivity index (χ0n) is 10.4. The standard InChI is InChI=1S/C12H19NO4/c1-11(2,3)17-9(14)8-5-4-6-12(13,7-8)10(15)16/h4-5,8H,6-7,13H2,1-3H3,(H,15,16)/t8-,12+/m0/s1. The van der Waals surface area contributed by atoms with Crippen molar-refractivity contribution < 1.29 is 19.4 Å². The molecule has 0 radical (unpaired) electrons. The van der Waals surface area contributed by atoms with E-state index in [0.717, 1.165) is 0 Å². The molecule has 1 aliphatic rings. The van der Waals surface area contributed by atoms with Crippen molar-refractivity contribution in [2.75, 3.05) is 0 Å². The SMILES string of the molecule is CC(C)(C)OC(=O)[C@H]1C=CC[C@](N)(C(=O)O)C1. The Labute approximate surface area is 101 Å². The molecule has 3 N–H and O–H groups in total. The molecule has 0 spiro atoms. The third-order valence-electron chi connectivity index (χ3n) is 2.57. The molecule has 0 heterocycles. The van der Waals surface area contributed by atoms with E-state index in [-0.39, 0.29) is 12.8 Å². The maximum Gasteiger partial charge on any atom is 0.324 e. The number of carbonyl (C=O) groups is 2. The Kier molecular flexibility index (Phi) is 3.62. The van der Waals surface area contributed by atoms with E-state index < -0.39 is 29.0 Å². The van der Waals surface area contributed by atoms with Gasteiger partial charge < -0.3 is 15.6 Å². The van der Waals surface area contributed by atoms with Gasteiger partial charge in [-0.15, -0.1) is 0 Å². The Bertz CT molecular complexity index is 356. The highest BCUT2D eigenvalue weighted by molar-refractivity contribution is 5.82. The number of carbonyl (C=O) groups excluding carboxylic acids is 1. The number of ether oxygens (including phenoxy) is 1. The Morgan fingerprint density at radius 2 is 2.06 bits per heavy atom. The molecule has 0 amide bonds. The van der Waals surface area contributed by atoms with E-state index in [9.17, 15) is 9.59 Å². The molecule has 2 atom stereocenters. The number of rotatable bonds is 2. The molecule has 0 saturated heterocycles. The summed E-state index contributed by atoms with van der Waals surface area (Å²) in [6.45, 7) is 5.30. The van der Waals surface area contributed by atoms with Crippen molar-refractivity contribution in [3.05, 3.63) is 12.2 Å². The van der Waals surface area contributed by atoms with Gasteiger partial charge in [-0.05, 0) is 33.6 Å². The summed E-state index contributed by atoms with van der Waals surface area (Å²) in [4.78, 5) is 22.8. The summed E-state index contributed by atoms with van der Waals surface area (Å²) < 4.78 is 5.21. The zero-order chi connectivity index (χ0) is 13.3. The summed E-state index contributed by atoms with van der Waals surface area (Å²) in [6, 6.07) is 0. The highest BCUT2D eigenvalue weighted by Gasteiger charge is 2.40. The first-order valence-corrected chi connectivity index (χ1v) is 5.56. The average Bonchev–Trinajstić information content (AvgIpc) is 2.15. The van der Waals surface area contributed by atoms with E-state index in [0.29, 0.717) is 0 Å². The normalized spacial score (nSPS) is 28.8. The number of hydrogen-bond donors (Lipinski definition) is 2. The molecule has 1 aliphatic carbocycles. The van der Waals surface area contributed by atoms with Gasteiger partial charge in [0.1, 0.15) is 11.1 Å². The van der Waals surface area contributed by atoms with Gasteiger partial charge in [-0.25, -0.2) is 0 Å². The molecule has 0 aromatic rings. The molecule has 0 fully saturated rings. The van der Waals surface area contributed by atoms with Gasteiger partial charge in [0.05, 0.1) is 5.92 Å². The van der Waals surface area contributed by atoms with Crippen molar-refractivity contribution >= 4 is 11.9 Å². The van der Waals surface area contributed by atoms with Crippen LogP contribution in [0.5, 0.6) is 0 Å². The van der Waals surface area contributed by atoms with E-state index in [1.807, 2.05) is 0 Å². The summed E-state index contributed by atoms with van der Waals surface area (Å²) >= 11 is 0. The maximum absolute atomic E-state index is 11.8. The fourth-order valence-corrected chi connectivity index (χ4v) is 1.70. The van der Waals surface area contributed by atoms with Crippen LogP contribution in [0, 0.1) is 5.92 Å². The summed E-state index contributed by atoms with van der Waals surface area (Å²) in [5.41, 5.74) is 3.79. The molecule has 0 unspecified atom stereocenters. The van der Waals surface area contributed by atoms with Gasteiger partial charge in [0.25, 0.3) is 0 Å². The first-order chi connectivity index (χ1) is 7.64. The average molecular weight is 241 g/mol. The summed E-state index contributed by atoms with van der Waals surface area (Å²) in [6.07, 6.45) is 3.61. The number of aliphatic carboxylic acids is 1. The molecular weight excluding hydrogens is 222 g/mol. The Morgan fingerprint density at radius 3 is 2.53 bits per heavy atom. The third kappa shape index (κ3) is 3.56. The second-order valence-electron chi connectivity index (χ2n) is 5.44. The lowest BCUT2D eigenvalue weighted by molar-refractivity contribution is -0.159. The van der Waals surface area contributed by atoms with Crippen molar-refractivity contribution in [1.29, 1.82) is 0 Å². The van der Waals surface area contributed by atoms with Crippen LogP contribution in [-0.4, -0.2) is 28.2 Å². The van der Waals surface area contributed by atoms with E-state index in [1.54, 1.807) is 32.9 Å². The second-order valence-corrected chi connectivity index (χ2v) is 5.44. The smallest absolute Gasteiger partial charge is 0.324 e. The van der Waals surface area contributed by atoms with E-state index in [2.05, 4.69) is 0 Å². The second kappa shape index (κ2) is 4.49. The topological polar surface area (TPSA) is 89.6 Å². The van der Waals surface area contributed by atoms with E-state index in [1.165, 1.54) is 0 Å². The van der Waals surface area contributed by atoms with Gasteiger partial charge in [-0.1, -0.05) is 12.2 Å². The molecule has 96 valence electrons.